The quantitative estimate of drug-likeness (QED) is 0.356. The Bertz CT molecular complexity index is 530. The Balaban J connectivity index is 0.00000441. The van der Waals surface area contributed by atoms with Gasteiger partial charge >= 0.3 is 0 Å². The van der Waals surface area contributed by atoms with Crippen LogP contribution in [0, 0.1) is 0 Å². The molecule has 0 saturated heterocycles. The van der Waals surface area contributed by atoms with E-state index in [0.717, 1.165) is 6.54 Å². The summed E-state index contributed by atoms with van der Waals surface area (Å²) in [5.74, 6) is 1.34. The highest BCUT2D eigenvalue weighted by Gasteiger charge is 2.08. The number of hydrogen-bond donors (Lipinski definition) is 2. The van der Waals surface area contributed by atoms with E-state index in [9.17, 15) is 8.42 Å². The molecule has 22 heavy (non-hydrogen) atoms. The highest BCUT2D eigenvalue weighted by atomic mass is 127. The lowest BCUT2D eigenvalue weighted by atomic mass is 10.1. The lowest BCUT2D eigenvalue weighted by molar-refractivity contribution is 0.595. The van der Waals surface area contributed by atoms with Gasteiger partial charge in [0, 0.05) is 31.3 Å². The second-order valence-electron chi connectivity index (χ2n) is 4.84. The monoisotopic (exact) mass is 459 g/mol. The summed E-state index contributed by atoms with van der Waals surface area (Å²) in [4.78, 5) is 4.52. The molecule has 1 rings (SSSR count). The SMILES string of the molecule is CCNC(=NCC(C)c1ccsc1)NCCS(=O)(=O)CC.I. The van der Waals surface area contributed by atoms with Crippen molar-refractivity contribution in [3.63, 3.8) is 0 Å². The number of aliphatic imine (C=N–C) groups is 1. The highest BCUT2D eigenvalue weighted by Crippen LogP contribution is 2.18. The van der Waals surface area contributed by atoms with Crippen LogP contribution in [0.15, 0.2) is 21.8 Å². The molecule has 8 heteroatoms. The minimum atomic E-state index is -2.94. The third-order valence-electron chi connectivity index (χ3n) is 3.13. The van der Waals surface area contributed by atoms with E-state index < -0.39 is 9.84 Å². The van der Waals surface area contributed by atoms with E-state index in [1.54, 1.807) is 18.3 Å². The number of sulfone groups is 1. The maximum atomic E-state index is 11.5. The van der Waals surface area contributed by atoms with Crippen LogP contribution >= 0.6 is 35.3 Å². The molecule has 0 spiro atoms. The zero-order chi connectivity index (χ0) is 15.7. The topological polar surface area (TPSA) is 70.6 Å². The molecule has 1 aromatic rings. The minimum absolute atomic E-state index is 0. The van der Waals surface area contributed by atoms with Crippen molar-refractivity contribution >= 4 is 51.1 Å². The van der Waals surface area contributed by atoms with Crippen molar-refractivity contribution in [2.24, 2.45) is 4.99 Å². The maximum absolute atomic E-state index is 11.5. The smallest absolute Gasteiger partial charge is 0.191 e. The van der Waals surface area contributed by atoms with Crippen molar-refractivity contribution in [1.82, 2.24) is 10.6 Å². The third-order valence-corrected chi connectivity index (χ3v) is 5.53. The summed E-state index contributed by atoms with van der Waals surface area (Å²) in [6.45, 7) is 7.59. The first kappa shape index (κ1) is 21.6. The van der Waals surface area contributed by atoms with Crippen LogP contribution in [0.1, 0.15) is 32.3 Å². The number of thiophene rings is 1. The van der Waals surface area contributed by atoms with Gasteiger partial charge in [0.25, 0.3) is 0 Å². The normalized spacial score (nSPS) is 13.3. The van der Waals surface area contributed by atoms with Gasteiger partial charge in [0.15, 0.2) is 15.8 Å². The number of nitrogens with one attached hydrogen (secondary N) is 2. The van der Waals surface area contributed by atoms with E-state index in [1.807, 2.05) is 6.92 Å². The number of rotatable bonds is 8. The van der Waals surface area contributed by atoms with Crippen LogP contribution in [0.25, 0.3) is 0 Å². The van der Waals surface area contributed by atoms with Crippen LogP contribution in [-0.4, -0.2) is 45.5 Å². The number of nitrogens with zero attached hydrogens (tertiary/aromatic N) is 1. The van der Waals surface area contributed by atoms with Crippen LogP contribution in [0.2, 0.25) is 0 Å². The number of halogens is 1. The molecule has 0 aliphatic heterocycles. The van der Waals surface area contributed by atoms with E-state index in [4.69, 9.17) is 0 Å². The molecular formula is C14H26IN3O2S2. The molecule has 1 unspecified atom stereocenters. The summed E-state index contributed by atoms with van der Waals surface area (Å²) in [7, 11) is -2.94. The summed E-state index contributed by atoms with van der Waals surface area (Å²) in [5.41, 5.74) is 1.29. The summed E-state index contributed by atoms with van der Waals surface area (Å²) >= 11 is 1.69. The molecular weight excluding hydrogens is 433 g/mol. The maximum Gasteiger partial charge on any atom is 0.191 e. The molecule has 0 saturated carbocycles. The molecule has 0 aromatic carbocycles. The first-order chi connectivity index (χ1) is 9.98. The van der Waals surface area contributed by atoms with Gasteiger partial charge in [0.2, 0.25) is 0 Å². The van der Waals surface area contributed by atoms with Crippen molar-refractivity contribution in [3.8, 4) is 0 Å². The van der Waals surface area contributed by atoms with E-state index in [1.165, 1.54) is 5.56 Å². The molecule has 0 bridgehead atoms. The fourth-order valence-corrected chi connectivity index (χ4v) is 3.18. The second-order valence-corrected chi connectivity index (χ2v) is 8.09. The number of hydrogen-bond acceptors (Lipinski definition) is 4. The predicted octanol–water partition coefficient (Wildman–Crippen LogP) is 2.46. The van der Waals surface area contributed by atoms with E-state index in [2.05, 4.69) is 39.4 Å². The number of guanidine groups is 1. The zero-order valence-electron chi connectivity index (χ0n) is 13.3. The van der Waals surface area contributed by atoms with Gasteiger partial charge in [0.05, 0.1) is 5.75 Å². The second kappa shape index (κ2) is 11.2. The van der Waals surface area contributed by atoms with E-state index in [0.29, 0.717) is 25.0 Å². The Hall–Kier alpha value is -0.350. The lowest BCUT2D eigenvalue weighted by Gasteiger charge is -2.13. The minimum Gasteiger partial charge on any atom is -0.357 e. The van der Waals surface area contributed by atoms with Crippen LogP contribution in [0.5, 0.6) is 0 Å². The molecule has 128 valence electrons. The molecule has 1 atom stereocenters. The van der Waals surface area contributed by atoms with Gasteiger partial charge in [-0.2, -0.15) is 11.3 Å². The molecule has 0 aliphatic carbocycles. The highest BCUT2D eigenvalue weighted by molar-refractivity contribution is 14.0. The van der Waals surface area contributed by atoms with Gasteiger partial charge in [-0.25, -0.2) is 8.42 Å². The molecule has 0 aliphatic rings. The zero-order valence-corrected chi connectivity index (χ0v) is 17.3. The van der Waals surface area contributed by atoms with Gasteiger partial charge in [-0.05, 0) is 29.3 Å². The predicted molar refractivity (Wildman–Crippen MR) is 106 cm³/mol. The molecule has 5 nitrogen and oxygen atoms in total. The third kappa shape index (κ3) is 8.33. The fourth-order valence-electron chi connectivity index (χ4n) is 1.70. The van der Waals surface area contributed by atoms with Crippen LogP contribution in [0.3, 0.4) is 0 Å². The Morgan fingerprint density at radius 1 is 1.36 bits per heavy atom. The first-order valence-electron chi connectivity index (χ1n) is 7.23. The molecule has 2 N–H and O–H groups in total. The van der Waals surface area contributed by atoms with Gasteiger partial charge in [-0.3, -0.25) is 4.99 Å². The lowest BCUT2D eigenvalue weighted by Crippen LogP contribution is -2.40. The van der Waals surface area contributed by atoms with E-state index in [-0.39, 0.29) is 35.5 Å². The van der Waals surface area contributed by atoms with Gasteiger partial charge in [0.1, 0.15) is 0 Å². The Morgan fingerprint density at radius 2 is 2.09 bits per heavy atom. The summed E-state index contributed by atoms with van der Waals surface area (Å²) in [6.07, 6.45) is 0. The van der Waals surface area contributed by atoms with E-state index >= 15 is 0 Å². The van der Waals surface area contributed by atoms with Gasteiger partial charge in [-0.15, -0.1) is 24.0 Å². The Morgan fingerprint density at radius 3 is 2.64 bits per heavy atom. The summed E-state index contributed by atoms with van der Waals surface area (Å²) in [5, 5.41) is 10.4. The van der Waals surface area contributed by atoms with Crippen molar-refractivity contribution < 1.29 is 8.42 Å². The molecule has 1 aromatic heterocycles. The Kier molecular flexibility index (Phi) is 11.0. The molecule has 1 heterocycles. The van der Waals surface area contributed by atoms with Crippen molar-refractivity contribution in [1.29, 1.82) is 0 Å². The molecule has 0 fully saturated rings. The summed E-state index contributed by atoms with van der Waals surface area (Å²) in [6, 6.07) is 2.11. The van der Waals surface area contributed by atoms with Gasteiger partial charge in [-0.1, -0.05) is 13.8 Å². The Labute approximate surface area is 154 Å². The first-order valence-corrected chi connectivity index (χ1v) is 9.99. The average Bonchev–Trinajstić information content (AvgIpc) is 2.98. The van der Waals surface area contributed by atoms with Gasteiger partial charge < -0.3 is 10.6 Å². The van der Waals surface area contributed by atoms with Crippen LogP contribution < -0.4 is 10.6 Å². The van der Waals surface area contributed by atoms with Crippen molar-refractivity contribution in [3.05, 3.63) is 22.4 Å². The van der Waals surface area contributed by atoms with Crippen molar-refractivity contribution in [2.75, 3.05) is 31.1 Å². The fraction of sp³-hybridized carbons (Fsp3) is 0.643. The van der Waals surface area contributed by atoms with Crippen LogP contribution in [-0.2, 0) is 9.84 Å². The largest absolute Gasteiger partial charge is 0.357 e. The average molecular weight is 459 g/mol. The van der Waals surface area contributed by atoms with Crippen LogP contribution in [0.4, 0.5) is 0 Å². The standard InChI is InChI=1S/C14H25N3O2S2.HI/c1-4-15-14(16-7-9-21(18,19)5-2)17-10-12(3)13-6-8-20-11-13;/h6,8,11-12H,4-5,7,9-10H2,1-3H3,(H2,15,16,17);1H. The molecule has 0 amide bonds. The molecule has 0 radical (unpaired) electrons. The van der Waals surface area contributed by atoms with Crippen molar-refractivity contribution in [2.45, 2.75) is 26.7 Å². The summed E-state index contributed by atoms with van der Waals surface area (Å²) < 4.78 is 22.9.